The summed E-state index contributed by atoms with van der Waals surface area (Å²) in [7, 11) is 0. The molecular weight excluding hydrogens is 861 g/mol. The molecule has 0 amide bonds. The second-order valence-electron chi connectivity index (χ2n) is 23.9. The lowest BCUT2D eigenvalue weighted by Crippen LogP contribution is -2.55. The van der Waals surface area contributed by atoms with Gasteiger partial charge in [0.05, 0.1) is 23.1 Å². The SMILES string of the molecule is C.C.C.C[C@@]1(O)CC[C@@]2(C)[C@@H](CC[C@@H]3[C@@H]2CC[C@]2(C)[C@@H](C(=O)CBr)CC[C@@H]32)C1.Cc1ncc[nH]1.Cc1nccn1CC(=O)[C@H]1CC[C@H]2[C@@H]3CC[C@H]4C[C@](C)(O)CC[C@]4(C)[C@H]3CC[C@]12C. The highest BCUT2D eigenvalue weighted by atomic mass is 79.9. The molecule has 0 saturated heterocycles. The lowest BCUT2D eigenvalue weighted by molar-refractivity contribution is -0.151. The molecular formula is C55H93BrN4O4. The quantitative estimate of drug-likeness (QED) is 0.257. The number of carbonyl (C=O) groups is 2. The predicted octanol–water partition coefficient (Wildman–Crippen LogP) is 13.2. The number of hydrogen-bond donors (Lipinski definition) is 3. The van der Waals surface area contributed by atoms with Gasteiger partial charge in [0, 0.05) is 36.6 Å². The Kier molecular flexibility index (Phi) is 16.3. The number of nitrogens with one attached hydrogen (secondary N) is 1. The maximum absolute atomic E-state index is 13.4. The Hall–Kier alpha value is -1.84. The molecule has 0 spiro atoms. The van der Waals surface area contributed by atoms with E-state index in [-0.39, 0.29) is 44.9 Å². The number of halogens is 1. The van der Waals surface area contributed by atoms with Crippen LogP contribution in [0.2, 0.25) is 0 Å². The summed E-state index contributed by atoms with van der Waals surface area (Å²) in [6.07, 6.45) is 28.5. The number of nitrogens with zero attached hydrogens (tertiary/aromatic N) is 3. The summed E-state index contributed by atoms with van der Waals surface area (Å²) in [5.41, 5.74) is 0.329. The number of hydrogen-bond acceptors (Lipinski definition) is 6. The van der Waals surface area contributed by atoms with E-state index >= 15 is 0 Å². The first-order valence-electron chi connectivity index (χ1n) is 24.7. The van der Waals surface area contributed by atoms with Gasteiger partial charge in [-0.3, -0.25) is 9.59 Å². The molecule has 364 valence electrons. The van der Waals surface area contributed by atoms with Gasteiger partial charge >= 0.3 is 0 Å². The van der Waals surface area contributed by atoms with Crippen molar-refractivity contribution in [2.24, 2.45) is 80.8 Å². The first kappa shape index (κ1) is 53.1. The van der Waals surface area contributed by atoms with Crippen LogP contribution in [0.15, 0.2) is 24.8 Å². The van der Waals surface area contributed by atoms with Crippen molar-refractivity contribution in [2.45, 2.75) is 211 Å². The minimum absolute atomic E-state index is 0. The average molecular weight is 954 g/mol. The highest BCUT2D eigenvalue weighted by Crippen LogP contribution is 2.70. The molecule has 8 aliphatic carbocycles. The fraction of sp³-hybridized carbons (Fsp3) is 0.855. The van der Waals surface area contributed by atoms with Gasteiger partial charge in [0.1, 0.15) is 17.4 Å². The second-order valence-corrected chi connectivity index (χ2v) is 24.5. The Morgan fingerprint density at radius 2 is 1.09 bits per heavy atom. The van der Waals surface area contributed by atoms with Crippen LogP contribution in [0, 0.1) is 94.7 Å². The standard InChI is InChI=1S/C26H40N2O2.C22H35BrO2.C4H6N2.3CH4/c1-17-27-13-14-28(17)16-23(29)22-8-7-20-19-6-5-18-15-24(2,30)11-12-25(18,3)21(19)9-10-26(20,22)4;1-20(25)10-11-21(2)14(12-20)4-5-15-16-6-7-18(19(24)13-23)22(16,3)9-8-17(15)21;1-4-5-2-3-6-4;;;/h13-14,18-22,30H,5-12,15-16H2,1-4H3;14-18,25H,4-13H2,1-3H3;2-3H,1H3,(H,5,6);3*1H4/t18-,19-,20-,21-,22+,24+,25-,26-;14-,15-,16-,17-,18+,20+,21-,22-;;;;/m00..../s1. The third-order valence-corrected chi connectivity index (χ3v) is 21.3. The fourth-order valence-corrected chi connectivity index (χ4v) is 17.6. The molecule has 0 aromatic carbocycles. The zero-order valence-corrected chi connectivity index (χ0v) is 40.7. The zero-order chi connectivity index (χ0) is 43.8. The number of rotatable bonds is 5. The lowest BCUT2D eigenvalue weighted by atomic mass is 9.44. The van der Waals surface area contributed by atoms with Crippen molar-refractivity contribution in [1.82, 2.24) is 19.5 Å². The van der Waals surface area contributed by atoms with Crippen LogP contribution in [0.5, 0.6) is 0 Å². The number of aromatic amines is 1. The summed E-state index contributed by atoms with van der Waals surface area (Å²) >= 11 is 3.43. The van der Waals surface area contributed by atoms with Gasteiger partial charge in [0.15, 0.2) is 5.78 Å². The zero-order valence-electron chi connectivity index (χ0n) is 39.2. The van der Waals surface area contributed by atoms with E-state index in [9.17, 15) is 19.8 Å². The number of aryl methyl sites for hydroxylation is 2. The van der Waals surface area contributed by atoms with E-state index in [0.717, 1.165) is 79.8 Å². The van der Waals surface area contributed by atoms with E-state index in [1.807, 2.05) is 38.5 Å². The largest absolute Gasteiger partial charge is 0.390 e. The van der Waals surface area contributed by atoms with E-state index in [2.05, 4.69) is 58.6 Å². The van der Waals surface area contributed by atoms with Crippen molar-refractivity contribution in [2.75, 3.05) is 5.33 Å². The Bertz CT molecular complexity index is 1880. The number of H-pyrrole nitrogens is 1. The number of imidazole rings is 2. The van der Waals surface area contributed by atoms with Gasteiger partial charge in [0.2, 0.25) is 0 Å². The smallest absolute Gasteiger partial charge is 0.156 e. The van der Waals surface area contributed by atoms with Crippen molar-refractivity contribution < 1.29 is 19.8 Å². The molecule has 8 saturated carbocycles. The average Bonchev–Trinajstić information content (AvgIpc) is 4.01. The molecule has 3 N–H and O–H groups in total. The van der Waals surface area contributed by atoms with Crippen molar-refractivity contribution in [3.05, 3.63) is 36.4 Å². The van der Waals surface area contributed by atoms with Crippen LogP contribution in [-0.4, -0.2) is 57.8 Å². The van der Waals surface area contributed by atoms with Crippen molar-refractivity contribution >= 4 is 27.5 Å². The van der Waals surface area contributed by atoms with E-state index in [4.69, 9.17) is 0 Å². The van der Waals surface area contributed by atoms with E-state index in [0.29, 0.717) is 52.0 Å². The first-order chi connectivity index (χ1) is 28.7. The van der Waals surface area contributed by atoms with Gasteiger partial charge in [-0.1, -0.05) is 65.9 Å². The molecule has 16 atom stereocenters. The first-order valence-corrected chi connectivity index (χ1v) is 25.9. The lowest BCUT2D eigenvalue weighted by Gasteiger charge is -2.61. The van der Waals surface area contributed by atoms with Crippen LogP contribution in [-0.2, 0) is 16.1 Å². The normalized spacial score (nSPS) is 44.9. The van der Waals surface area contributed by atoms with Gasteiger partial charge in [0.25, 0.3) is 0 Å². The molecule has 64 heavy (non-hydrogen) atoms. The highest BCUT2D eigenvalue weighted by molar-refractivity contribution is 9.09. The van der Waals surface area contributed by atoms with Crippen molar-refractivity contribution in [3.63, 3.8) is 0 Å². The molecule has 8 aliphatic rings. The molecule has 0 bridgehead atoms. The maximum atomic E-state index is 13.4. The molecule has 8 fully saturated rings. The van der Waals surface area contributed by atoms with Crippen LogP contribution < -0.4 is 0 Å². The second kappa shape index (κ2) is 19.6. The number of ketones is 2. The van der Waals surface area contributed by atoms with Gasteiger partial charge in [-0.05, 0) is 212 Å². The molecule has 0 unspecified atom stereocenters. The minimum Gasteiger partial charge on any atom is -0.390 e. The third kappa shape index (κ3) is 9.46. The van der Waals surface area contributed by atoms with E-state index in [1.165, 1.54) is 77.0 Å². The number of aromatic nitrogens is 4. The summed E-state index contributed by atoms with van der Waals surface area (Å²) in [6.45, 7) is 18.5. The molecule has 2 aromatic rings. The van der Waals surface area contributed by atoms with Crippen LogP contribution >= 0.6 is 15.9 Å². The van der Waals surface area contributed by atoms with Crippen LogP contribution in [0.4, 0.5) is 0 Å². The predicted molar refractivity (Wildman–Crippen MR) is 266 cm³/mol. The summed E-state index contributed by atoms with van der Waals surface area (Å²) in [6, 6.07) is 0. The Balaban J connectivity index is 0.000000206. The minimum atomic E-state index is -0.462. The monoisotopic (exact) mass is 953 g/mol. The summed E-state index contributed by atoms with van der Waals surface area (Å²) < 4.78 is 2.02. The van der Waals surface area contributed by atoms with Gasteiger partial charge in [-0.2, -0.15) is 0 Å². The number of Topliss-reactive ketones (excluding diaryl/α,β-unsaturated/α-hetero) is 2. The number of carbonyl (C=O) groups excluding carboxylic acids is 2. The molecule has 2 heterocycles. The number of fused-ring (bicyclic) bond motifs is 10. The van der Waals surface area contributed by atoms with Crippen LogP contribution in [0.25, 0.3) is 0 Å². The topological polar surface area (TPSA) is 121 Å². The van der Waals surface area contributed by atoms with Gasteiger partial charge in [-0.25, -0.2) is 9.97 Å². The molecule has 9 heteroatoms. The van der Waals surface area contributed by atoms with Crippen LogP contribution in [0.3, 0.4) is 0 Å². The molecule has 2 aromatic heterocycles. The fourth-order valence-electron chi connectivity index (χ4n) is 17.2. The van der Waals surface area contributed by atoms with Crippen LogP contribution in [0.1, 0.15) is 191 Å². The third-order valence-electron chi connectivity index (χ3n) is 20.7. The van der Waals surface area contributed by atoms with E-state index < -0.39 is 11.2 Å². The Morgan fingerprint density at radius 3 is 1.48 bits per heavy atom. The van der Waals surface area contributed by atoms with Crippen molar-refractivity contribution in [3.8, 4) is 0 Å². The van der Waals surface area contributed by atoms with E-state index in [1.54, 1.807) is 18.6 Å². The Morgan fingerprint density at radius 1 is 0.625 bits per heavy atom. The Labute approximate surface area is 398 Å². The molecule has 0 aliphatic heterocycles. The summed E-state index contributed by atoms with van der Waals surface area (Å²) in [5.74, 6) is 9.29. The van der Waals surface area contributed by atoms with Crippen molar-refractivity contribution in [1.29, 1.82) is 0 Å². The number of alkyl halides is 1. The molecule has 10 rings (SSSR count). The van der Waals surface area contributed by atoms with Gasteiger partial charge < -0.3 is 19.8 Å². The molecule has 8 nitrogen and oxygen atoms in total. The summed E-state index contributed by atoms with van der Waals surface area (Å²) in [4.78, 5) is 36.9. The van der Waals surface area contributed by atoms with Gasteiger partial charge in [-0.15, -0.1) is 0 Å². The summed E-state index contributed by atoms with van der Waals surface area (Å²) in [5, 5.41) is 21.8. The highest BCUT2D eigenvalue weighted by Gasteiger charge is 2.63. The number of aliphatic hydroxyl groups is 2. The maximum Gasteiger partial charge on any atom is 0.156 e. The molecule has 0 radical (unpaired) electrons.